The Labute approximate surface area is 117 Å². The van der Waals surface area contributed by atoms with E-state index in [0.717, 1.165) is 23.1 Å². The summed E-state index contributed by atoms with van der Waals surface area (Å²) < 4.78 is 1.07. The Kier molecular flexibility index (Phi) is 4.19. The molecule has 2 aromatic rings. The topological polar surface area (TPSA) is 19.4 Å². The highest BCUT2D eigenvalue weighted by Crippen LogP contribution is 2.26. The Bertz CT molecular complexity index is 540. The van der Waals surface area contributed by atoms with Gasteiger partial charge in [-0.15, -0.1) is 0 Å². The Morgan fingerprint density at radius 2 is 1.89 bits per heavy atom. The van der Waals surface area contributed by atoms with Gasteiger partial charge in [-0.05, 0) is 38.4 Å². The van der Waals surface area contributed by atoms with Crippen LogP contribution in [0.5, 0.6) is 0 Å². The number of pyridine rings is 1. The second-order valence-electron chi connectivity index (χ2n) is 4.72. The van der Waals surface area contributed by atoms with Crippen molar-refractivity contribution in [1.29, 1.82) is 0 Å². The van der Waals surface area contributed by atoms with E-state index in [9.17, 15) is 0 Å². The third-order valence-electron chi connectivity index (χ3n) is 2.98. The summed E-state index contributed by atoms with van der Waals surface area (Å²) in [6.45, 7) is 2.04. The van der Waals surface area contributed by atoms with Gasteiger partial charge >= 0.3 is 0 Å². The molecule has 1 aromatic heterocycles. The summed E-state index contributed by atoms with van der Waals surface area (Å²) in [6.07, 6.45) is 1.87. The van der Waals surface area contributed by atoms with Crippen LogP contribution in [0.2, 0.25) is 0 Å². The van der Waals surface area contributed by atoms with Crippen LogP contribution in [0.15, 0.2) is 34.9 Å². The highest BCUT2D eigenvalue weighted by atomic mass is 79.9. The largest absolute Gasteiger partial charge is 0.373 e. The summed E-state index contributed by atoms with van der Waals surface area (Å²) in [5.41, 5.74) is 2.26. The predicted molar refractivity (Wildman–Crippen MR) is 81.3 cm³/mol. The van der Waals surface area contributed by atoms with Crippen LogP contribution in [-0.4, -0.2) is 44.1 Å². The number of hydrogen-bond donors (Lipinski definition) is 0. The van der Waals surface area contributed by atoms with E-state index in [1.165, 1.54) is 11.1 Å². The zero-order valence-electron chi connectivity index (χ0n) is 11.0. The van der Waals surface area contributed by atoms with Gasteiger partial charge in [0.05, 0.1) is 5.52 Å². The number of halogens is 1. The highest BCUT2D eigenvalue weighted by molar-refractivity contribution is 9.10. The van der Waals surface area contributed by atoms with Crippen LogP contribution in [0.25, 0.3) is 10.9 Å². The van der Waals surface area contributed by atoms with E-state index in [-0.39, 0.29) is 0 Å². The molecule has 0 atom stereocenters. The Morgan fingerprint density at radius 3 is 2.61 bits per heavy atom. The molecule has 0 saturated carbocycles. The van der Waals surface area contributed by atoms with Crippen LogP contribution in [0.4, 0.5) is 5.69 Å². The third-order valence-corrected chi connectivity index (χ3v) is 3.47. The van der Waals surface area contributed by atoms with Gasteiger partial charge < -0.3 is 9.80 Å². The van der Waals surface area contributed by atoms with Gasteiger partial charge in [0, 0.05) is 41.9 Å². The normalized spacial score (nSPS) is 11.2. The monoisotopic (exact) mass is 307 g/mol. The average molecular weight is 308 g/mol. The van der Waals surface area contributed by atoms with Crippen molar-refractivity contribution in [2.45, 2.75) is 0 Å². The number of hydrogen-bond acceptors (Lipinski definition) is 3. The third kappa shape index (κ3) is 3.00. The van der Waals surface area contributed by atoms with Crippen LogP contribution < -0.4 is 4.90 Å². The lowest BCUT2D eigenvalue weighted by Gasteiger charge is -2.22. The number of anilines is 1. The first-order chi connectivity index (χ1) is 8.58. The maximum Gasteiger partial charge on any atom is 0.0734 e. The maximum absolute atomic E-state index is 4.41. The summed E-state index contributed by atoms with van der Waals surface area (Å²) in [4.78, 5) is 8.88. The Balaban J connectivity index is 2.32. The van der Waals surface area contributed by atoms with Crippen molar-refractivity contribution < 1.29 is 0 Å². The molecule has 0 unspecified atom stereocenters. The fourth-order valence-corrected chi connectivity index (χ4v) is 2.26. The van der Waals surface area contributed by atoms with Crippen molar-refractivity contribution in [2.75, 3.05) is 39.1 Å². The van der Waals surface area contributed by atoms with E-state index in [4.69, 9.17) is 0 Å². The van der Waals surface area contributed by atoms with Crippen molar-refractivity contribution in [2.24, 2.45) is 0 Å². The molecule has 4 heteroatoms. The Hall–Kier alpha value is -1.13. The van der Waals surface area contributed by atoms with Crippen molar-refractivity contribution >= 4 is 32.5 Å². The number of nitrogens with zero attached hydrogens (tertiary/aromatic N) is 3. The number of rotatable bonds is 4. The molecule has 96 valence electrons. The van der Waals surface area contributed by atoms with Gasteiger partial charge in [-0.25, -0.2) is 0 Å². The summed E-state index contributed by atoms with van der Waals surface area (Å²) in [5.74, 6) is 0. The molecule has 0 radical (unpaired) electrons. The molecule has 18 heavy (non-hydrogen) atoms. The molecule has 3 nitrogen and oxygen atoms in total. The first-order valence-electron chi connectivity index (χ1n) is 5.98. The van der Waals surface area contributed by atoms with Crippen molar-refractivity contribution in [3.8, 4) is 0 Å². The molecule has 0 aliphatic heterocycles. The van der Waals surface area contributed by atoms with Gasteiger partial charge in [0.2, 0.25) is 0 Å². The minimum Gasteiger partial charge on any atom is -0.373 e. The molecule has 0 amide bonds. The number of benzene rings is 1. The smallest absolute Gasteiger partial charge is 0.0734 e. The summed E-state index contributed by atoms with van der Waals surface area (Å²) >= 11 is 3.48. The zero-order chi connectivity index (χ0) is 13.1. The van der Waals surface area contributed by atoms with Crippen molar-refractivity contribution in [1.82, 2.24) is 9.88 Å². The molecular weight excluding hydrogens is 290 g/mol. The molecule has 0 N–H and O–H groups in total. The van der Waals surface area contributed by atoms with Gasteiger partial charge in [-0.2, -0.15) is 0 Å². The minimum absolute atomic E-state index is 1.00. The zero-order valence-corrected chi connectivity index (χ0v) is 12.6. The van der Waals surface area contributed by atoms with Gasteiger partial charge in [0.25, 0.3) is 0 Å². The molecule has 0 aliphatic carbocycles. The molecule has 0 bridgehead atoms. The lowest BCUT2D eigenvalue weighted by molar-refractivity contribution is 0.416. The van der Waals surface area contributed by atoms with Gasteiger partial charge in [-0.3, -0.25) is 4.98 Å². The highest BCUT2D eigenvalue weighted by Gasteiger charge is 2.07. The van der Waals surface area contributed by atoms with Crippen molar-refractivity contribution in [3.05, 3.63) is 34.9 Å². The fraction of sp³-hybridized carbons (Fsp3) is 0.357. The fourth-order valence-electron chi connectivity index (χ4n) is 1.91. The molecule has 0 saturated heterocycles. The summed E-state index contributed by atoms with van der Waals surface area (Å²) in [7, 11) is 6.31. The molecule has 0 spiro atoms. The second kappa shape index (κ2) is 5.67. The minimum atomic E-state index is 1.00. The second-order valence-corrected chi connectivity index (χ2v) is 5.63. The molecular formula is C14H18BrN3. The van der Waals surface area contributed by atoms with E-state index in [1.807, 2.05) is 6.20 Å². The first kappa shape index (κ1) is 13.3. The summed E-state index contributed by atoms with van der Waals surface area (Å²) in [5, 5.41) is 1.20. The Morgan fingerprint density at radius 1 is 1.11 bits per heavy atom. The number of aromatic nitrogens is 1. The standard InChI is InChI=1S/C14H18BrN3/c1-17(2)8-9-18(3)14-6-7-16-13-10-11(15)4-5-12(13)14/h4-7,10H,8-9H2,1-3H3. The molecule has 1 heterocycles. The molecule has 1 aromatic carbocycles. The average Bonchev–Trinajstić information content (AvgIpc) is 2.34. The lowest BCUT2D eigenvalue weighted by atomic mass is 10.2. The van der Waals surface area contributed by atoms with E-state index in [1.54, 1.807) is 0 Å². The predicted octanol–water partition coefficient (Wildman–Crippen LogP) is 3.00. The van der Waals surface area contributed by atoms with E-state index >= 15 is 0 Å². The number of fused-ring (bicyclic) bond motifs is 1. The van der Waals surface area contributed by atoms with Crippen molar-refractivity contribution in [3.63, 3.8) is 0 Å². The van der Waals surface area contributed by atoms with Crippen LogP contribution in [0.3, 0.4) is 0 Å². The van der Waals surface area contributed by atoms with E-state index in [0.29, 0.717) is 0 Å². The van der Waals surface area contributed by atoms with Crippen LogP contribution in [0.1, 0.15) is 0 Å². The van der Waals surface area contributed by atoms with Gasteiger partial charge in [-0.1, -0.05) is 15.9 Å². The van der Waals surface area contributed by atoms with Crippen LogP contribution in [-0.2, 0) is 0 Å². The molecule has 0 fully saturated rings. The number of likely N-dealkylation sites (N-methyl/N-ethyl adjacent to an activating group) is 2. The van der Waals surface area contributed by atoms with Crippen LogP contribution in [0, 0.1) is 0 Å². The maximum atomic E-state index is 4.41. The van der Waals surface area contributed by atoms with Gasteiger partial charge in [0.1, 0.15) is 0 Å². The SMILES string of the molecule is CN(C)CCN(C)c1ccnc2cc(Br)ccc12. The van der Waals surface area contributed by atoms with Crippen LogP contribution >= 0.6 is 15.9 Å². The summed E-state index contributed by atoms with van der Waals surface area (Å²) in [6, 6.07) is 8.31. The van der Waals surface area contributed by atoms with Gasteiger partial charge in [0.15, 0.2) is 0 Å². The quantitative estimate of drug-likeness (QED) is 0.865. The molecule has 0 aliphatic rings. The molecule has 2 rings (SSSR count). The lowest BCUT2D eigenvalue weighted by Crippen LogP contribution is -2.28. The first-order valence-corrected chi connectivity index (χ1v) is 6.77. The van der Waals surface area contributed by atoms with E-state index in [2.05, 4.69) is 76.1 Å². The van der Waals surface area contributed by atoms with E-state index < -0.39 is 0 Å².